The topological polar surface area (TPSA) is 93.9 Å². The van der Waals surface area contributed by atoms with E-state index < -0.39 is 6.04 Å². The standard InChI is InChI=1S/C21H21N5O3/c1-2-29-17-10-8-16(9-11-17)26-20(27)12-18(21(26)28)22-13-19-24-23-14-25(19)15-6-4-3-5-7-15/h3-11,14,18,22H,2,12-13H2,1H3/p+1/t18-/m1/s1. The number of rotatable bonds is 7. The first-order valence-corrected chi connectivity index (χ1v) is 9.54. The second-order valence-corrected chi connectivity index (χ2v) is 6.70. The molecule has 0 saturated carbocycles. The van der Waals surface area contributed by atoms with Gasteiger partial charge in [-0.1, -0.05) is 18.2 Å². The predicted molar refractivity (Wildman–Crippen MR) is 105 cm³/mol. The van der Waals surface area contributed by atoms with E-state index in [0.717, 1.165) is 11.5 Å². The molecule has 1 aromatic heterocycles. The van der Waals surface area contributed by atoms with E-state index in [2.05, 4.69) is 10.2 Å². The van der Waals surface area contributed by atoms with Gasteiger partial charge in [0, 0.05) is 5.69 Å². The molecule has 148 valence electrons. The van der Waals surface area contributed by atoms with Gasteiger partial charge >= 0.3 is 0 Å². The van der Waals surface area contributed by atoms with Gasteiger partial charge in [-0.25, -0.2) is 4.90 Å². The Hall–Kier alpha value is -3.52. The predicted octanol–water partition coefficient (Wildman–Crippen LogP) is 1.06. The number of aromatic nitrogens is 3. The van der Waals surface area contributed by atoms with Crippen molar-refractivity contribution in [2.45, 2.75) is 25.9 Å². The molecule has 8 nitrogen and oxygen atoms in total. The Labute approximate surface area is 168 Å². The van der Waals surface area contributed by atoms with Crippen LogP contribution in [-0.2, 0) is 16.1 Å². The summed E-state index contributed by atoms with van der Waals surface area (Å²) in [5.41, 5.74) is 1.51. The van der Waals surface area contributed by atoms with Crippen LogP contribution in [0.3, 0.4) is 0 Å². The third-order valence-electron chi connectivity index (χ3n) is 4.83. The Morgan fingerprint density at radius 1 is 1.07 bits per heavy atom. The van der Waals surface area contributed by atoms with Crippen molar-refractivity contribution in [2.75, 3.05) is 11.5 Å². The van der Waals surface area contributed by atoms with Gasteiger partial charge in [0.05, 0.1) is 18.7 Å². The van der Waals surface area contributed by atoms with E-state index in [1.165, 1.54) is 4.90 Å². The fraction of sp³-hybridized carbons (Fsp3) is 0.238. The van der Waals surface area contributed by atoms with Crippen LogP contribution in [0.1, 0.15) is 19.2 Å². The van der Waals surface area contributed by atoms with Crippen molar-refractivity contribution in [3.8, 4) is 11.4 Å². The van der Waals surface area contributed by atoms with Gasteiger partial charge in [-0.2, -0.15) is 0 Å². The van der Waals surface area contributed by atoms with Crippen molar-refractivity contribution < 1.29 is 19.6 Å². The molecule has 4 rings (SSSR count). The smallest absolute Gasteiger partial charge is 0.292 e. The number of amides is 2. The summed E-state index contributed by atoms with van der Waals surface area (Å²) >= 11 is 0. The summed E-state index contributed by atoms with van der Waals surface area (Å²) in [4.78, 5) is 26.6. The normalized spacial score (nSPS) is 16.4. The molecular formula is C21H22N5O3+. The number of ether oxygens (including phenoxy) is 1. The lowest BCUT2D eigenvalue weighted by Gasteiger charge is -2.15. The lowest BCUT2D eigenvalue weighted by Crippen LogP contribution is -2.90. The van der Waals surface area contributed by atoms with Crippen molar-refractivity contribution in [1.82, 2.24) is 14.8 Å². The zero-order valence-electron chi connectivity index (χ0n) is 16.1. The average Bonchev–Trinajstić information content (AvgIpc) is 3.32. The maximum atomic E-state index is 12.8. The highest BCUT2D eigenvalue weighted by Crippen LogP contribution is 2.24. The number of hydrogen-bond donors (Lipinski definition) is 1. The first-order valence-electron chi connectivity index (χ1n) is 9.54. The van der Waals surface area contributed by atoms with Gasteiger partial charge in [-0.15, -0.1) is 10.2 Å². The lowest BCUT2D eigenvalue weighted by atomic mass is 10.2. The summed E-state index contributed by atoms with van der Waals surface area (Å²) in [5, 5.41) is 9.99. The number of quaternary nitrogens is 1. The van der Waals surface area contributed by atoms with Gasteiger partial charge in [0.2, 0.25) is 5.91 Å². The molecule has 0 radical (unpaired) electrons. The number of benzene rings is 2. The highest BCUT2D eigenvalue weighted by molar-refractivity contribution is 6.21. The summed E-state index contributed by atoms with van der Waals surface area (Å²) < 4.78 is 7.29. The zero-order chi connectivity index (χ0) is 20.2. The van der Waals surface area contributed by atoms with E-state index in [0.29, 0.717) is 24.6 Å². The maximum absolute atomic E-state index is 12.8. The maximum Gasteiger partial charge on any atom is 0.292 e. The summed E-state index contributed by atoms with van der Waals surface area (Å²) in [5.74, 6) is 1.00. The molecule has 1 atom stereocenters. The van der Waals surface area contributed by atoms with Crippen LogP contribution >= 0.6 is 0 Å². The molecule has 29 heavy (non-hydrogen) atoms. The van der Waals surface area contributed by atoms with E-state index in [-0.39, 0.29) is 18.2 Å². The number of carbonyl (C=O) groups excluding carboxylic acids is 2. The van der Waals surface area contributed by atoms with E-state index in [9.17, 15) is 9.59 Å². The van der Waals surface area contributed by atoms with Crippen LogP contribution < -0.4 is 15.0 Å². The van der Waals surface area contributed by atoms with Crippen molar-refractivity contribution in [2.24, 2.45) is 0 Å². The first kappa shape index (κ1) is 18.8. The van der Waals surface area contributed by atoms with Crippen LogP contribution in [0.4, 0.5) is 5.69 Å². The average molecular weight is 392 g/mol. The van der Waals surface area contributed by atoms with Gasteiger partial charge < -0.3 is 10.1 Å². The van der Waals surface area contributed by atoms with Crippen molar-refractivity contribution in [1.29, 1.82) is 0 Å². The number of nitrogens with zero attached hydrogens (tertiary/aromatic N) is 4. The van der Waals surface area contributed by atoms with Crippen molar-refractivity contribution in [3.05, 3.63) is 66.7 Å². The van der Waals surface area contributed by atoms with Gasteiger partial charge in [0.1, 0.15) is 18.6 Å². The van der Waals surface area contributed by atoms with Gasteiger partial charge in [0.15, 0.2) is 11.9 Å². The van der Waals surface area contributed by atoms with Crippen LogP contribution in [-0.4, -0.2) is 39.2 Å². The number of nitrogens with two attached hydrogens (primary N) is 1. The molecular weight excluding hydrogens is 370 g/mol. The SMILES string of the molecule is CCOc1ccc(N2C(=O)C[C@@H]([NH2+]Cc3nncn3-c3ccccc3)C2=O)cc1. The molecule has 1 fully saturated rings. The van der Waals surface area contributed by atoms with E-state index >= 15 is 0 Å². The first-order chi connectivity index (χ1) is 14.2. The molecule has 0 spiro atoms. The molecule has 1 saturated heterocycles. The Morgan fingerprint density at radius 2 is 1.83 bits per heavy atom. The van der Waals surface area contributed by atoms with E-state index in [1.54, 1.807) is 30.6 Å². The molecule has 8 heteroatoms. The van der Waals surface area contributed by atoms with E-state index in [1.807, 2.05) is 47.1 Å². The monoisotopic (exact) mass is 392 g/mol. The summed E-state index contributed by atoms with van der Waals surface area (Å²) in [6.07, 6.45) is 1.80. The summed E-state index contributed by atoms with van der Waals surface area (Å²) in [7, 11) is 0. The van der Waals surface area contributed by atoms with Crippen LogP contribution in [0.2, 0.25) is 0 Å². The van der Waals surface area contributed by atoms with Crippen LogP contribution in [0, 0.1) is 0 Å². The van der Waals surface area contributed by atoms with Gasteiger partial charge in [-0.05, 0) is 43.3 Å². The number of imide groups is 1. The Bertz CT molecular complexity index is 1000. The number of para-hydroxylation sites is 1. The minimum Gasteiger partial charge on any atom is -0.494 e. The Balaban J connectivity index is 1.44. The molecule has 2 N–H and O–H groups in total. The fourth-order valence-electron chi connectivity index (χ4n) is 3.42. The highest BCUT2D eigenvalue weighted by atomic mass is 16.5. The van der Waals surface area contributed by atoms with Crippen LogP contribution in [0.25, 0.3) is 5.69 Å². The molecule has 0 bridgehead atoms. The largest absolute Gasteiger partial charge is 0.494 e. The molecule has 2 heterocycles. The molecule has 2 amide bonds. The zero-order valence-corrected chi connectivity index (χ0v) is 16.1. The number of carbonyl (C=O) groups is 2. The Morgan fingerprint density at radius 3 is 2.55 bits per heavy atom. The molecule has 1 aliphatic heterocycles. The quantitative estimate of drug-likeness (QED) is 0.607. The Kier molecular flexibility index (Phi) is 5.35. The minimum absolute atomic E-state index is 0.158. The summed E-state index contributed by atoms with van der Waals surface area (Å²) in [6.45, 7) is 2.90. The minimum atomic E-state index is -0.477. The second kappa shape index (κ2) is 8.24. The van der Waals surface area contributed by atoms with Gasteiger partial charge in [0.25, 0.3) is 5.91 Å². The summed E-state index contributed by atoms with van der Waals surface area (Å²) in [6, 6.07) is 16.3. The fourth-order valence-corrected chi connectivity index (χ4v) is 3.42. The number of anilines is 1. The van der Waals surface area contributed by atoms with Crippen LogP contribution in [0.15, 0.2) is 60.9 Å². The molecule has 2 aromatic carbocycles. The van der Waals surface area contributed by atoms with Gasteiger partial charge in [-0.3, -0.25) is 14.2 Å². The number of hydrogen-bond acceptors (Lipinski definition) is 5. The second-order valence-electron chi connectivity index (χ2n) is 6.70. The van der Waals surface area contributed by atoms with E-state index in [4.69, 9.17) is 4.74 Å². The van der Waals surface area contributed by atoms with Crippen molar-refractivity contribution >= 4 is 17.5 Å². The highest BCUT2D eigenvalue weighted by Gasteiger charge is 2.42. The molecule has 1 aliphatic rings. The molecule has 3 aromatic rings. The molecule has 0 aliphatic carbocycles. The lowest BCUT2D eigenvalue weighted by molar-refractivity contribution is -0.691. The van der Waals surface area contributed by atoms with Crippen molar-refractivity contribution in [3.63, 3.8) is 0 Å². The van der Waals surface area contributed by atoms with Crippen LogP contribution in [0.5, 0.6) is 5.75 Å². The third kappa shape index (κ3) is 3.88. The third-order valence-corrected chi connectivity index (χ3v) is 4.83. The molecule has 0 unspecified atom stereocenters.